The Hall–Kier alpha value is -2.88. The highest BCUT2D eigenvalue weighted by atomic mass is 16.1. The minimum Gasteiger partial charge on any atom is -0.354 e. The van der Waals surface area contributed by atoms with Crippen LogP contribution in [0.3, 0.4) is 0 Å². The molecule has 3 rings (SSSR count). The van der Waals surface area contributed by atoms with Crippen LogP contribution in [0, 0.1) is 11.3 Å². The third-order valence-corrected chi connectivity index (χ3v) is 4.51. The molecule has 1 atom stereocenters. The molecule has 7 heteroatoms. The number of hydrogen-bond acceptors (Lipinski definition) is 5. The van der Waals surface area contributed by atoms with Crippen LogP contribution in [-0.4, -0.2) is 34.0 Å². The van der Waals surface area contributed by atoms with E-state index >= 15 is 0 Å². The van der Waals surface area contributed by atoms with Gasteiger partial charge < -0.3 is 14.8 Å². The summed E-state index contributed by atoms with van der Waals surface area (Å²) >= 11 is 0. The monoisotopic (exact) mass is 324 g/mol. The summed E-state index contributed by atoms with van der Waals surface area (Å²) in [6.07, 6.45) is 6.37. The van der Waals surface area contributed by atoms with E-state index in [-0.39, 0.29) is 11.9 Å². The van der Waals surface area contributed by atoms with Crippen molar-refractivity contribution in [1.82, 2.24) is 19.9 Å². The second kappa shape index (κ2) is 6.71. The Kier molecular flexibility index (Phi) is 4.47. The lowest BCUT2D eigenvalue weighted by Gasteiger charge is -2.36. The number of piperidine rings is 1. The zero-order chi connectivity index (χ0) is 17.1. The highest BCUT2D eigenvalue weighted by Crippen LogP contribution is 2.34. The summed E-state index contributed by atoms with van der Waals surface area (Å²) in [6.45, 7) is 0.881. The minimum atomic E-state index is -0.0933. The fraction of sp³-hybridized carbons (Fsp3) is 0.412. The van der Waals surface area contributed by atoms with E-state index in [9.17, 15) is 4.79 Å². The third-order valence-electron chi connectivity index (χ3n) is 4.51. The number of anilines is 1. The normalized spacial score (nSPS) is 17.4. The van der Waals surface area contributed by atoms with E-state index in [1.807, 2.05) is 29.8 Å². The van der Waals surface area contributed by atoms with Crippen molar-refractivity contribution in [2.24, 2.45) is 7.05 Å². The number of nitriles is 1. The molecule has 1 aliphatic heterocycles. The van der Waals surface area contributed by atoms with Crippen LogP contribution in [0.4, 0.5) is 5.82 Å². The van der Waals surface area contributed by atoms with Gasteiger partial charge in [-0.1, -0.05) is 0 Å². The largest absolute Gasteiger partial charge is 0.354 e. The lowest BCUT2D eigenvalue weighted by Crippen LogP contribution is -2.35. The van der Waals surface area contributed by atoms with Gasteiger partial charge in [-0.05, 0) is 31.4 Å². The topological polar surface area (TPSA) is 86.8 Å². The molecule has 0 aliphatic carbocycles. The van der Waals surface area contributed by atoms with Crippen LogP contribution in [0.15, 0.2) is 24.5 Å². The van der Waals surface area contributed by atoms with Crippen LogP contribution in [0.5, 0.6) is 0 Å². The molecule has 1 fully saturated rings. The van der Waals surface area contributed by atoms with Crippen LogP contribution in [0.25, 0.3) is 0 Å². The molecule has 2 aromatic rings. The molecule has 1 saturated heterocycles. The van der Waals surface area contributed by atoms with Crippen molar-refractivity contribution in [1.29, 1.82) is 5.26 Å². The summed E-state index contributed by atoms with van der Waals surface area (Å²) in [7, 11) is 3.55. The highest BCUT2D eigenvalue weighted by molar-refractivity contribution is 5.92. The summed E-state index contributed by atoms with van der Waals surface area (Å²) in [5.74, 6) is 0.672. The van der Waals surface area contributed by atoms with Crippen LogP contribution in [-0.2, 0) is 7.05 Å². The highest BCUT2D eigenvalue weighted by Gasteiger charge is 2.28. The van der Waals surface area contributed by atoms with Crippen molar-refractivity contribution in [3.05, 3.63) is 41.6 Å². The lowest BCUT2D eigenvalue weighted by molar-refractivity contribution is 0.0954. The van der Waals surface area contributed by atoms with Crippen molar-refractivity contribution in [2.75, 3.05) is 18.5 Å². The first-order valence-corrected chi connectivity index (χ1v) is 8.02. The predicted octanol–water partition coefficient (Wildman–Crippen LogP) is 1.78. The van der Waals surface area contributed by atoms with Gasteiger partial charge in [0.05, 0.1) is 18.4 Å². The van der Waals surface area contributed by atoms with Crippen molar-refractivity contribution in [3.8, 4) is 6.07 Å². The summed E-state index contributed by atoms with van der Waals surface area (Å²) < 4.78 is 1.94. The molecule has 0 aromatic carbocycles. The predicted molar refractivity (Wildman–Crippen MR) is 89.5 cm³/mol. The lowest BCUT2D eigenvalue weighted by atomic mass is 9.99. The minimum absolute atomic E-state index is 0.0933. The summed E-state index contributed by atoms with van der Waals surface area (Å²) in [4.78, 5) is 22.7. The fourth-order valence-electron chi connectivity index (χ4n) is 3.26. The van der Waals surface area contributed by atoms with Crippen LogP contribution >= 0.6 is 0 Å². The Labute approximate surface area is 140 Å². The Bertz CT molecular complexity index is 773. The summed E-state index contributed by atoms with van der Waals surface area (Å²) in [6, 6.07) is 5.99. The number of aromatic nitrogens is 3. The average Bonchev–Trinajstić information content (AvgIpc) is 3.02. The Morgan fingerprint density at radius 1 is 1.33 bits per heavy atom. The molecule has 7 nitrogen and oxygen atoms in total. The van der Waals surface area contributed by atoms with Gasteiger partial charge in [-0.3, -0.25) is 4.79 Å². The van der Waals surface area contributed by atoms with Crippen LogP contribution in [0.1, 0.15) is 47.2 Å². The molecular formula is C17H20N6O. The van der Waals surface area contributed by atoms with E-state index in [4.69, 9.17) is 5.26 Å². The van der Waals surface area contributed by atoms with Crippen LogP contribution < -0.4 is 10.2 Å². The van der Waals surface area contributed by atoms with E-state index in [0.717, 1.165) is 37.3 Å². The maximum absolute atomic E-state index is 12.0. The second-order valence-electron chi connectivity index (χ2n) is 5.86. The first-order chi connectivity index (χ1) is 11.7. The molecule has 1 N–H and O–H groups in total. The summed E-state index contributed by atoms with van der Waals surface area (Å²) in [5.41, 5.74) is 2.04. The van der Waals surface area contributed by atoms with Gasteiger partial charge in [0.15, 0.2) is 5.69 Å². The van der Waals surface area contributed by atoms with Gasteiger partial charge in [-0.25, -0.2) is 9.97 Å². The standard InChI is InChI=1S/C17H20N6O/c1-19-17(24)15-7-6-13(22(15)2)14-5-3-4-8-23(14)16-11-20-12(9-18)10-21-16/h6-7,10-11,14H,3-5,8H2,1-2H3,(H,19,24)/t14-/m0/s1. The molecule has 0 bridgehead atoms. The first-order valence-electron chi connectivity index (χ1n) is 8.02. The second-order valence-corrected chi connectivity index (χ2v) is 5.86. The van der Waals surface area contributed by atoms with E-state index in [2.05, 4.69) is 20.2 Å². The molecule has 0 spiro atoms. The van der Waals surface area contributed by atoms with Gasteiger partial charge >= 0.3 is 0 Å². The fourth-order valence-corrected chi connectivity index (χ4v) is 3.26. The zero-order valence-corrected chi connectivity index (χ0v) is 13.9. The molecule has 2 aromatic heterocycles. The van der Waals surface area contributed by atoms with Crippen molar-refractivity contribution in [3.63, 3.8) is 0 Å². The van der Waals surface area contributed by atoms with Crippen molar-refractivity contribution in [2.45, 2.75) is 25.3 Å². The number of hydrogen-bond donors (Lipinski definition) is 1. The van der Waals surface area contributed by atoms with Crippen molar-refractivity contribution < 1.29 is 4.79 Å². The van der Waals surface area contributed by atoms with Gasteiger partial charge in [0.2, 0.25) is 0 Å². The first kappa shape index (κ1) is 16.0. The molecule has 3 heterocycles. The van der Waals surface area contributed by atoms with Gasteiger partial charge in [0.25, 0.3) is 5.91 Å². The van der Waals surface area contributed by atoms with Crippen LogP contribution in [0.2, 0.25) is 0 Å². The van der Waals surface area contributed by atoms with E-state index in [1.54, 1.807) is 13.2 Å². The number of amides is 1. The molecule has 0 unspecified atom stereocenters. The van der Waals surface area contributed by atoms with E-state index < -0.39 is 0 Å². The van der Waals surface area contributed by atoms with E-state index in [1.165, 1.54) is 6.20 Å². The smallest absolute Gasteiger partial charge is 0.267 e. The van der Waals surface area contributed by atoms with Gasteiger partial charge in [-0.2, -0.15) is 5.26 Å². The maximum atomic E-state index is 12.0. The summed E-state index contributed by atoms with van der Waals surface area (Å²) in [5, 5.41) is 11.5. The SMILES string of the molecule is CNC(=O)c1ccc([C@@H]2CCCCN2c2cnc(C#N)cn2)n1C. The van der Waals surface area contributed by atoms with Gasteiger partial charge in [0, 0.05) is 26.3 Å². The number of rotatable bonds is 3. The quantitative estimate of drug-likeness (QED) is 0.930. The number of nitrogens with one attached hydrogen (secondary N) is 1. The Morgan fingerprint density at radius 3 is 2.83 bits per heavy atom. The zero-order valence-electron chi connectivity index (χ0n) is 13.9. The molecule has 0 saturated carbocycles. The Morgan fingerprint density at radius 2 is 2.17 bits per heavy atom. The number of carbonyl (C=O) groups excluding carboxylic acids is 1. The molecule has 0 radical (unpaired) electrons. The molecule has 24 heavy (non-hydrogen) atoms. The maximum Gasteiger partial charge on any atom is 0.267 e. The molecule has 1 amide bonds. The Balaban J connectivity index is 1.94. The number of carbonyl (C=O) groups is 1. The van der Waals surface area contributed by atoms with E-state index in [0.29, 0.717) is 11.4 Å². The van der Waals surface area contributed by atoms with Gasteiger partial charge in [0.1, 0.15) is 17.6 Å². The molecular weight excluding hydrogens is 304 g/mol. The van der Waals surface area contributed by atoms with Gasteiger partial charge in [-0.15, -0.1) is 0 Å². The molecule has 1 aliphatic rings. The third kappa shape index (κ3) is 2.83. The number of nitrogens with zero attached hydrogens (tertiary/aromatic N) is 5. The molecule has 124 valence electrons. The van der Waals surface area contributed by atoms with Crippen molar-refractivity contribution >= 4 is 11.7 Å². The average molecular weight is 324 g/mol.